The molecule has 28 heavy (non-hydrogen) atoms. The topological polar surface area (TPSA) is 114 Å². The molecule has 1 aliphatic carbocycles. The monoisotopic (exact) mass is 398 g/mol. The van der Waals surface area contributed by atoms with E-state index in [0.29, 0.717) is 22.7 Å². The van der Waals surface area contributed by atoms with Gasteiger partial charge in [0.05, 0.1) is 4.90 Å². The average molecular weight is 398 g/mol. The van der Waals surface area contributed by atoms with Crippen molar-refractivity contribution in [2.24, 2.45) is 0 Å². The molecule has 1 heterocycles. The van der Waals surface area contributed by atoms with Crippen LogP contribution in [0.1, 0.15) is 28.8 Å². The molecule has 0 saturated heterocycles. The Morgan fingerprint density at radius 3 is 2.54 bits per heavy atom. The Bertz CT molecular complexity index is 1110. The minimum Gasteiger partial charge on any atom is -0.423 e. The van der Waals surface area contributed by atoms with Crippen LogP contribution in [0.25, 0.3) is 11.5 Å². The van der Waals surface area contributed by atoms with Gasteiger partial charge in [0.15, 0.2) is 0 Å². The standard InChI is InChI=1S/C19H18N4O4S/c1-12-2-3-14(19-22-20-11-27-19)10-17(12)21-18(24)13-4-8-16(9-5-13)28(25,26)23-15-6-7-15/h2-5,8-11,15,23H,6-7H2,1H3,(H,21,24). The highest BCUT2D eigenvalue weighted by Crippen LogP contribution is 2.25. The van der Waals surface area contributed by atoms with Gasteiger partial charge in [-0.3, -0.25) is 4.79 Å². The number of anilines is 1. The quantitative estimate of drug-likeness (QED) is 0.660. The lowest BCUT2D eigenvalue weighted by atomic mass is 10.1. The van der Waals surface area contributed by atoms with E-state index in [0.717, 1.165) is 18.4 Å². The maximum absolute atomic E-state index is 12.6. The lowest BCUT2D eigenvalue weighted by molar-refractivity contribution is 0.102. The first kappa shape index (κ1) is 18.3. The molecule has 0 unspecified atom stereocenters. The third-order valence-electron chi connectivity index (χ3n) is 4.42. The van der Waals surface area contributed by atoms with Gasteiger partial charge in [0.1, 0.15) is 0 Å². The predicted octanol–water partition coefficient (Wildman–Crippen LogP) is 2.74. The first-order valence-corrected chi connectivity index (χ1v) is 10.2. The summed E-state index contributed by atoms with van der Waals surface area (Å²) in [5, 5.41) is 10.3. The van der Waals surface area contributed by atoms with Gasteiger partial charge in [-0.15, -0.1) is 10.2 Å². The van der Waals surface area contributed by atoms with E-state index in [2.05, 4.69) is 20.2 Å². The van der Waals surface area contributed by atoms with Gasteiger partial charge in [-0.2, -0.15) is 0 Å². The molecule has 0 spiro atoms. The summed E-state index contributed by atoms with van der Waals surface area (Å²) < 4.78 is 32.2. The van der Waals surface area contributed by atoms with Crippen LogP contribution < -0.4 is 10.0 Å². The van der Waals surface area contributed by atoms with Crippen molar-refractivity contribution in [3.63, 3.8) is 0 Å². The average Bonchev–Trinajstić information content (AvgIpc) is 3.31. The van der Waals surface area contributed by atoms with Gasteiger partial charge >= 0.3 is 0 Å². The number of carbonyl (C=O) groups excluding carboxylic acids is 1. The largest absolute Gasteiger partial charge is 0.423 e. The SMILES string of the molecule is Cc1ccc(-c2nnco2)cc1NC(=O)c1ccc(S(=O)(=O)NC2CC2)cc1. The van der Waals surface area contributed by atoms with Crippen LogP contribution in [0.15, 0.2) is 58.2 Å². The smallest absolute Gasteiger partial charge is 0.255 e. The Kier molecular flexibility index (Phi) is 4.70. The van der Waals surface area contributed by atoms with Crippen LogP contribution >= 0.6 is 0 Å². The van der Waals surface area contributed by atoms with Crippen molar-refractivity contribution in [1.29, 1.82) is 0 Å². The van der Waals surface area contributed by atoms with Gasteiger partial charge in [0.2, 0.25) is 22.3 Å². The van der Waals surface area contributed by atoms with Crippen molar-refractivity contribution in [2.45, 2.75) is 30.7 Å². The van der Waals surface area contributed by atoms with Crippen LogP contribution in [0.5, 0.6) is 0 Å². The van der Waals surface area contributed by atoms with E-state index in [-0.39, 0.29) is 16.8 Å². The van der Waals surface area contributed by atoms with Crippen molar-refractivity contribution in [1.82, 2.24) is 14.9 Å². The molecule has 2 aromatic carbocycles. The van der Waals surface area contributed by atoms with Crippen LogP contribution in [0.3, 0.4) is 0 Å². The van der Waals surface area contributed by atoms with Gasteiger partial charge in [-0.1, -0.05) is 6.07 Å². The van der Waals surface area contributed by atoms with Crippen molar-refractivity contribution in [2.75, 3.05) is 5.32 Å². The zero-order chi connectivity index (χ0) is 19.7. The highest BCUT2D eigenvalue weighted by Gasteiger charge is 2.28. The molecule has 2 N–H and O–H groups in total. The fourth-order valence-electron chi connectivity index (χ4n) is 2.66. The highest BCUT2D eigenvalue weighted by atomic mass is 32.2. The molecule has 0 aliphatic heterocycles. The molecule has 0 radical (unpaired) electrons. The number of amides is 1. The maximum Gasteiger partial charge on any atom is 0.255 e. The second-order valence-electron chi connectivity index (χ2n) is 6.65. The van der Waals surface area contributed by atoms with E-state index >= 15 is 0 Å². The molecule has 1 saturated carbocycles. The van der Waals surface area contributed by atoms with Crippen LogP contribution in [-0.2, 0) is 10.0 Å². The van der Waals surface area contributed by atoms with Crippen molar-refractivity contribution in [3.05, 3.63) is 60.0 Å². The van der Waals surface area contributed by atoms with Gasteiger partial charge in [0.25, 0.3) is 5.91 Å². The number of hydrogen-bond acceptors (Lipinski definition) is 6. The fourth-order valence-corrected chi connectivity index (χ4v) is 3.96. The molecule has 1 aromatic heterocycles. The van der Waals surface area contributed by atoms with Gasteiger partial charge in [0, 0.05) is 22.9 Å². The zero-order valence-electron chi connectivity index (χ0n) is 15.0. The zero-order valence-corrected chi connectivity index (χ0v) is 15.9. The van der Waals surface area contributed by atoms with E-state index in [1.54, 1.807) is 6.07 Å². The van der Waals surface area contributed by atoms with Gasteiger partial charge in [-0.05, 0) is 61.7 Å². The Morgan fingerprint density at radius 1 is 1.14 bits per heavy atom. The number of aryl methyl sites for hydroxylation is 1. The van der Waals surface area contributed by atoms with Crippen LogP contribution in [-0.4, -0.2) is 30.6 Å². The highest BCUT2D eigenvalue weighted by molar-refractivity contribution is 7.89. The molecular formula is C19H18N4O4S. The van der Waals surface area contributed by atoms with Crippen LogP contribution in [0.4, 0.5) is 5.69 Å². The molecule has 4 rings (SSSR count). The fraction of sp³-hybridized carbons (Fsp3) is 0.211. The summed E-state index contributed by atoms with van der Waals surface area (Å²) in [4.78, 5) is 12.7. The summed E-state index contributed by atoms with van der Waals surface area (Å²) >= 11 is 0. The predicted molar refractivity (Wildman–Crippen MR) is 102 cm³/mol. The van der Waals surface area contributed by atoms with Gasteiger partial charge < -0.3 is 9.73 Å². The second-order valence-corrected chi connectivity index (χ2v) is 8.36. The summed E-state index contributed by atoms with van der Waals surface area (Å²) in [6.45, 7) is 1.87. The first-order chi connectivity index (χ1) is 13.4. The lowest BCUT2D eigenvalue weighted by Crippen LogP contribution is -2.25. The molecule has 8 nitrogen and oxygen atoms in total. The molecule has 9 heteroatoms. The molecule has 144 valence electrons. The normalized spacial score (nSPS) is 14.0. The second kappa shape index (κ2) is 7.17. The Labute approximate surface area is 162 Å². The Balaban J connectivity index is 1.51. The van der Waals surface area contributed by atoms with Crippen molar-refractivity contribution in [3.8, 4) is 11.5 Å². The number of rotatable bonds is 6. The van der Waals surface area contributed by atoms with E-state index in [1.165, 1.54) is 30.7 Å². The summed E-state index contributed by atoms with van der Waals surface area (Å²) in [6, 6.07) is 11.3. The molecule has 0 atom stereocenters. The minimum atomic E-state index is -3.54. The number of nitrogens with zero attached hydrogens (tertiary/aromatic N) is 2. The number of benzene rings is 2. The van der Waals surface area contributed by atoms with E-state index in [9.17, 15) is 13.2 Å². The molecule has 0 bridgehead atoms. The van der Waals surface area contributed by atoms with E-state index in [1.807, 2.05) is 19.1 Å². The molecular weight excluding hydrogens is 380 g/mol. The third kappa shape index (κ3) is 3.95. The Hall–Kier alpha value is -3.04. The Morgan fingerprint density at radius 2 is 1.89 bits per heavy atom. The summed E-state index contributed by atoms with van der Waals surface area (Å²) in [5.74, 6) is 0.0121. The van der Waals surface area contributed by atoms with Crippen LogP contribution in [0, 0.1) is 6.92 Å². The van der Waals surface area contributed by atoms with Crippen molar-refractivity contribution < 1.29 is 17.6 Å². The van der Waals surface area contributed by atoms with E-state index < -0.39 is 10.0 Å². The number of nitrogens with one attached hydrogen (secondary N) is 2. The summed E-state index contributed by atoms with van der Waals surface area (Å²) in [5.41, 5.74) is 2.51. The molecule has 1 amide bonds. The molecule has 3 aromatic rings. The van der Waals surface area contributed by atoms with Crippen LogP contribution in [0.2, 0.25) is 0 Å². The van der Waals surface area contributed by atoms with Crippen molar-refractivity contribution >= 4 is 21.6 Å². The van der Waals surface area contributed by atoms with Gasteiger partial charge in [-0.25, -0.2) is 13.1 Å². The number of aromatic nitrogens is 2. The summed E-state index contributed by atoms with van der Waals surface area (Å²) in [7, 11) is -3.54. The summed E-state index contributed by atoms with van der Waals surface area (Å²) in [6.07, 6.45) is 2.96. The lowest BCUT2D eigenvalue weighted by Gasteiger charge is -2.10. The third-order valence-corrected chi connectivity index (χ3v) is 5.96. The van der Waals surface area contributed by atoms with E-state index in [4.69, 9.17) is 4.42 Å². The first-order valence-electron chi connectivity index (χ1n) is 8.73. The minimum absolute atomic E-state index is 0.0297. The molecule has 1 fully saturated rings. The maximum atomic E-state index is 12.6. The number of sulfonamides is 1. The number of hydrogen-bond donors (Lipinski definition) is 2. The number of carbonyl (C=O) groups is 1. The molecule has 1 aliphatic rings.